The number of nitro benzene ring substituents is 1. The Bertz CT molecular complexity index is 1110. The van der Waals surface area contributed by atoms with Crippen LogP contribution in [0, 0.1) is 17.0 Å². The summed E-state index contributed by atoms with van der Waals surface area (Å²) < 4.78 is 5.68. The van der Waals surface area contributed by atoms with Gasteiger partial charge in [0.15, 0.2) is 0 Å². The number of carbonyl (C=O) groups excluding carboxylic acids is 2. The summed E-state index contributed by atoms with van der Waals surface area (Å²) in [6.45, 7) is 1.88. The zero-order chi connectivity index (χ0) is 21.0. The van der Waals surface area contributed by atoms with Gasteiger partial charge in [0.05, 0.1) is 22.6 Å². The van der Waals surface area contributed by atoms with Crippen LogP contribution < -0.4 is 15.2 Å². The molecule has 0 saturated heterocycles. The van der Waals surface area contributed by atoms with Gasteiger partial charge in [0, 0.05) is 23.3 Å². The Kier molecular flexibility index (Phi) is 5.54. The minimum atomic E-state index is -1.50. The molecule has 8 heteroatoms. The van der Waals surface area contributed by atoms with Crippen molar-refractivity contribution in [1.29, 1.82) is 0 Å². The molecule has 3 rings (SSSR count). The number of carboxylic acids is 1. The maximum atomic E-state index is 12.5. The second-order valence-electron chi connectivity index (χ2n) is 6.18. The Morgan fingerprint density at radius 3 is 2.31 bits per heavy atom. The Balaban J connectivity index is 1.93. The Morgan fingerprint density at radius 2 is 1.66 bits per heavy atom. The largest absolute Gasteiger partial charge is 0.545 e. The van der Waals surface area contributed by atoms with E-state index in [1.54, 1.807) is 18.2 Å². The molecule has 0 bridgehead atoms. The fraction of sp³-hybridized carbons (Fsp3) is 0.0476. The second-order valence-corrected chi connectivity index (χ2v) is 6.18. The molecular formula is C21H15N2O6-. The van der Waals surface area contributed by atoms with Crippen LogP contribution in [0.2, 0.25) is 0 Å². The van der Waals surface area contributed by atoms with E-state index in [2.05, 4.69) is 5.32 Å². The van der Waals surface area contributed by atoms with E-state index in [1.165, 1.54) is 36.4 Å². The van der Waals surface area contributed by atoms with E-state index < -0.39 is 16.8 Å². The van der Waals surface area contributed by atoms with Crippen molar-refractivity contribution in [2.45, 2.75) is 6.92 Å². The molecule has 3 aromatic rings. The van der Waals surface area contributed by atoms with Crippen molar-refractivity contribution < 1.29 is 24.4 Å². The van der Waals surface area contributed by atoms with E-state index in [9.17, 15) is 24.8 Å². The van der Waals surface area contributed by atoms with E-state index in [-0.39, 0.29) is 28.3 Å². The predicted octanol–water partition coefficient (Wildman–Crippen LogP) is 3.31. The first-order valence-corrected chi connectivity index (χ1v) is 8.49. The lowest BCUT2D eigenvalue weighted by Gasteiger charge is -2.12. The van der Waals surface area contributed by atoms with Gasteiger partial charge in [-0.3, -0.25) is 14.9 Å². The molecule has 146 valence electrons. The number of aryl methyl sites for hydroxylation is 1. The number of amides is 1. The third-order valence-corrected chi connectivity index (χ3v) is 3.98. The Hall–Kier alpha value is -4.20. The van der Waals surface area contributed by atoms with Crippen molar-refractivity contribution in [1.82, 2.24) is 0 Å². The van der Waals surface area contributed by atoms with E-state index in [0.717, 1.165) is 11.6 Å². The molecule has 1 amide bonds. The van der Waals surface area contributed by atoms with Crippen molar-refractivity contribution >= 4 is 23.3 Å². The van der Waals surface area contributed by atoms with Crippen molar-refractivity contribution in [3.8, 4) is 11.5 Å². The van der Waals surface area contributed by atoms with Crippen LogP contribution in [0.1, 0.15) is 26.3 Å². The number of carboxylic acid groups (broad SMARTS) is 1. The lowest BCUT2D eigenvalue weighted by atomic mass is 10.1. The van der Waals surface area contributed by atoms with Gasteiger partial charge in [0.25, 0.3) is 11.6 Å². The number of rotatable bonds is 6. The van der Waals surface area contributed by atoms with Crippen molar-refractivity contribution in [2.24, 2.45) is 0 Å². The molecule has 0 fully saturated rings. The summed E-state index contributed by atoms with van der Waals surface area (Å²) in [7, 11) is 0. The minimum Gasteiger partial charge on any atom is -0.545 e. The highest BCUT2D eigenvalue weighted by molar-refractivity contribution is 6.10. The van der Waals surface area contributed by atoms with Gasteiger partial charge >= 0.3 is 0 Å². The molecule has 29 heavy (non-hydrogen) atoms. The fourth-order valence-electron chi connectivity index (χ4n) is 2.69. The van der Waals surface area contributed by atoms with Crippen molar-refractivity contribution in [3.63, 3.8) is 0 Å². The standard InChI is InChI=1S/C21H16N2O6/c1-13-5-4-6-16(9-13)29-17-11-14(10-15(12-17)23(27)28)22-20(24)18-7-2-3-8-19(18)21(25)26/h2-12H,1H3,(H,22,24)(H,25,26)/p-1. The highest BCUT2D eigenvalue weighted by Gasteiger charge is 2.16. The Labute approximate surface area is 165 Å². The number of benzene rings is 3. The number of nitrogens with zero attached hydrogens (tertiary/aromatic N) is 1. The van der Waals surface area contributed by atoms with E-state index in [1.807, 2.05) is 13.0 Å². The summed E-state index contributed by atoms with van der Waals surface area (Å²) in [5.41, 5.74) is 0.325. The molecule has 0 aromatic heterocycles. The first-order chi connectivity index (χ1) is 13.8. The summed E-state index contributed by atoms with van der Waals surface area (Å²) in [5, 5.41) is 24.9. The maximum absolute atomic E-state index is 12.5. The highest BCUT2D eigenvalue weighted by atomic mass is 16.6. The van der Waals surface area contributed by atoms with Crippen LogP contribution in [0.15, 0.2) is 66.7 Å². The molecule has 0 unspecified atom stereocenters. The third-order valence-electron chi connectivity index (χ3n) is 3.98. The van der Waals surface area contributed by atoms with Crippen LogP contribution in [-0.4, -0.2) is 16.8 Å². The molecule has 8 nitrogen and oxygen atoms in total. The van der Waals surface area contributed by atoms with Crippen LogP contribution in [0.3, 0.4) is 0 Å². The monoisotopic (exact) mass is 391 g/mol. The average molecular weight is 391 g/mol. The second kappa shape index (κ2) is 8.22. The summed E-state index contributed by atoms with van der Waals surface area (Å²) in [6.07, 6.45) is 0. The van der Waals surface area contributed by atoms with Gasteiger partial charge in [-0.05, 0) is 30.7 Å². The van der Waals surface area contributed by atoms with E-state index in [0.29, 0.717) is 5.75 Å². The smallest absolute Gasteiger partial charge is 0.275 e. The van der Waals surface area contributed by atoms with Crippen LogP contribution in [0.5, 0.6) is 11.5 Å². The molecule has 1 N–H and O–H groups in total. The summed E-state index contributed by atoms with van der Waals surface area (Å²) in [6, 6.07) is 16.4. The zero-order valence-electron chi connectivity index (χ0n) is 15.2. The molecule has 0 aliphatic heterocycles. The molecule has 3 aromatic carbocycles. The van der Waals surface area contributed by atoms with Gasteiger partial charge in [-0.2, -0.15) is 0 Å². The van der Waals surface area contributed by atoms with Gasteiger partial charge < -0.3 is 20.0 Å². The summed E-state index contributed by atoms with van der Waals surface area (Å²) in [5.74, 6) is -1.62. The molecule has 0 spiro atoms. The SMILES string of the molecule is Cc1cccc(Oc2cc(NC(=O)c3ccccc3C(=O)[O-])cc([N+](=O)[O-])c2)c1. The maximum Gasteiger partial charge on any atom is 0.275 e. The topological polar surface area (TPSA) is 122 Å². The Morgan fingerprint density at radius 1 is 0.931 bits per heavy atom. The molecule has 0 aliphatic rings. The third kappa shape index (κ3) is 4.75. The van der Waals surface area contributed by atoms with Crippen LogP contribution in [0.4, 0.5) is 11.4 Å². The molecule has 0 atom stereocenters. The van der Waals surface area contributed by atoms with Crippen molar-refractivity contribution in [2.75, 3.05) is 5.32 Å². The van der Waals surface area contributed by atoms with Gasteiger partial charge in [-0.25, -0.2) is 0 Å². The number of aromatic carboxylic acids is 1. The number of nitrogens with one attached hydrogen (secondary N) is 1. The predicted molar refractivity (Wildman–Crippen MR) is 103 cm³/mol. The number of non-ortho nitro benzene ring substituents is 1. The fourth-order valence-corrected chi connectivity index (χ4v) is 2.69. The number of hydrogen-bond acceptors (Lipinski definition) is 6. The lowest BCUT2D eigenvalue weighted by Crippen LogP contribution is -2.26. The number of anilines is 1. The highest BCUT2D eigenvalue weighted by Crippen LogP contribution is 2.30. The lowest BCUT2D eigenvalue weighted by molar-refractivity contribution is -0.384. The van der Waals surface area contributed by atoms with Crippen LogP contribution in [0.25, 0.3) is 0 Å². The van der Waals surface area contributed by atoms with E-state index in [4.69, 9.17) is 4.74 Å². The van der Waals surface area contributed by atoms with Gasteiger partial charge in [0.2, 0.25) is 0 Å². The molecule has 0 radical (unpaired) electrons. The van der Waals surface area contributed by atoms with E-state index >= 15 is 0 Å². The molecule has 0 saturated carbocycles. The van der Waals surface area contributed by atoms with Crippen LogP contribution in [-0.2, 0) is 0 Å². The summed E-state index contributed by atoms with van der Waals surface area (Å²) in [4.78, 5) is 34.4. The first kappa shape index (κ1) is 19.6. The van der Waals surface area contributed by atoms with Gasteiger partial charge in [-0.1, -0.05) is 30.3 Å². The first-order valence-electron chi connectivity index (χ1n) is 8.49. The minimum absolute atomic E-state index is 0.0833. The summed E-state index contributed by atoms with van der Waals surface area (Å²) >= 11 is 0. The van der Waals surface area contributed by atoms with Gasteiger partial charge in [0.1, 0.15) is 11.5 Å². The average Bonchev–Trinajstić information content (AvgIpc) is 2.67. The molecule has 0 heterocycles. The molecule has 0 aliphatic carbocycles. The van der Waals surface area contributed by atoms with Crippen LogP contribution >= 0.6 is 0 Å². The zero-order valence-corrected chi connectivity index (χ0v) is 15.2. The number of nitro groups is 1. The quantitative estimate of drug-likeness (QED) is 0.508. The number of carbonyl (C=O) groups is 2. The number of ether oxygens (including phenoxy) is 1. The molecular weight excluding hydrogens is 376 g/mol. The number of hydrogen-bond donors (Lipinski definition) is 1. The van der Waals surface area contributed by atoms with Gasteiger partial charge in [-0.15, -0.1) is 0 Å². The van der Waals surface area contributed by atoms with Crippen molar-refractivity contribution in [3.05, 3.63) is 93.5 Å². The normalized spacial score (nSPS) is 10.2.